The summed E-state index contributed by atoms with van der Waals surface area (Å²) < 4.78 is 13.4. The minimum Gasteiger partial charge on any atom is -0.455 e. The molecule has 15 rings (SSSR count). The van der Waals surface area contributed by atoms with Crippen molar-refractivity contribution in [3.63, 3.8) is 0 Å². The molecule has 0 amide bonds. The molecule has 4 nitrogen and oxygen atoms in total. The van der Waals surface area contributed by atoms with Crippen LogP contribution in [0.25, 0.3) is 88.4 Å². The van der Waals surface area contributed by atoms with E-state index in [2.05, 4.69) is 276 Å². The van der Waals surface area contributed by atoms with Gasteiger partial charge in [-0.1, -0.05) is 217 Å². The van der Waals surface area contributed by atoms with Crippen molar-refractivity contribution in [1.29, 1.82) is 0 Å². The minimum absolute atomic E-state index is 0.0661. The van der Waals surface area contributed by atoms with Crippen LogP contribution in [-0.2, 0) is 10.8 Å². The Bertz CT molecular complexity index is 4300. The number of hydrogen-bond acceptors (Lipinski definition) is 4. The molecular formula is C74H57BN2O2. The van der Waals surface area contributed by atoms with E-state index in [0.29, 0.717) is 0 Å². The van der Waals surface area contributed by atoms with Crippen molar-refractivity contribution in [2.24, 2.45) is 0 Å². The summed E-state index contributed by atoms with van der Waals surface area (Å²) in [6.07, 6.45) is 0. The Morgan fingerprint density at radius 2 is 0.696 bits per heavy atom. The molecule has 2 aliphatic heterocycles. The molecular weight excluding hydrogens is 960 g/mol. The number of rotatable bonds is 6. The summed E-state index contributed by atoms with van der Waals surface area (Å²) in [5.74, 6) is 0. The van der Waals surface area contributed by atoms with Crippen LogP contribution in [0.3, 0.4) is 0 Å². The van der Waals surface area contributed by atoms with E-state index in [4.69, 9.17) is 8.83 Å². The third-order valence-corrected chi connectivity index (χ3v) is 16.8. The fourth-order valence-corrected chi connectivity index (χ4v) is 12.8. The van der Waals surface area contributed by atoms with Crippen LogP contribution in [-0.4, -0.2) is 6.71 Å². The molecule has 0 bridgehead atoms. The van der Waals surface area contributed by atoms with Gasteiger partial charge in [-0.3, -0.25) is 0 Å². The smallest absolute Gasteiger partial charge is 0.252 e. The predicted molar refractivity (Wildman–Crippen MR) is 334 cm³/mol. The third-order valence-electron chi connectivity index (χ3n) is 16.8. The molecule has 0 aliphatic carbocycles. The second-order valence-electron chi connectivity index (χ2n) is 23.6. The first-order valence-electron chi connectivity index (χ1n) is 27.7. The van der Waals surface area contributed by atoms with Gasteiger partial charge in [0.2, 0.25) is 0 Å². The average molecular weight is 1020 g/mol. The van der Waals surface area contributed by atoms with Gasteiger partial charge in [-0.2, -0.15) is 0 Å². The Hall–Kier alpha value is -9.32. The second kappa shape index (κ2) is 17.6. The van der Waals surface area contributed by atoms with E-state index in [9.17, 15) is 0 Å². The molecule has 0 spiro atoms. The molecule has 0 saturated heterocycles. The SMILES string of the molecule is CC(C)(C)c1ccc2c(c1)B1c3cc(C(C)(C)C)ccc3N(c3ccc(-c4cccc5c4oc4ccccc45)cc3-c3ccccc3)c3cccc(c31)N2c1ccc(-c2cccc3c2oc2ccccc23)cc1-c1ccccc1. The lowest BCUT2D eigenvalue weighted by Crippen LogP contribution is -2.61. The number of furan rings is 2. The van der Waals surface area contributed by atoms with E-state index in [-0.39, 0.29) is 17.5 Å². The maximum atomic E-state index is 6.68. The highest BCUT2D eigenvalue weighted by molar-refractivity contribution is 7.00. The molecule has 2 aliphatic rings. The monoisotopic (exact) mass is 1020 g/mol. The first-order chi connectivity index (χ1) is 38.5. The first kappa shape index (κ1) is 46.9. The topological polar surface area (TPSA) is 32.8 Å². The molecule has 378 valence electrons. The normalized spacial score (nSPS) is 13.1. The maximum absolute atomic E-state index is 6.68. The zero-order chi connectivity index (χ0) is 53.3. The highest BCUT2D eigenvalue weighted by atomic mass is 16.3. The van der Waals surface area contributed by atoms with Crippen LogP contribution in [0.1, 0.15) is 52.7 Å². The highest BCUT2D eigenvalue weighted by Gasteiger charge is 2.45. The summed E-state index contributed by atoms with van der Waals surface area (Å²) in [6, 6.07) is 87.2. The Kier molecular flexibility index (Phi) is 10.5. The zero-order valence-corrected chi connectivity index (χ0v) is 45.3. The molecule has 0 fully saturated rings. The van der Waals surface area contributed by atoms with Crippen LogP contribution < -0.4 is 26.2 Å². The fourth-order valence-electron chi connectivity index (χ4n) is 12.8. The van der Waals surface area contributed by atoms with Crippen molar-refractivity contribution >= 4 is 101 Å². The van der Waals surface area contributed by atoms with Gasteiger partial charge < -0.3 is 18.6 Å². The van der Waals surface area contributed by atoms with E-state index in [1.807, 2.05) is 12.1 Å². The summed E-state index contributed by atoms with van der Waals surface area (Å²) in [5, 5.41) is 4.49. The number of hydrogen-bond donors (Lipinski definition) is 0. The number of benzene rings is 11. The van der Waals surface area contributed by atoms with Gasteiger partial charge in [0.05, 0.1) is 11.4 Å². The number of anilines is 6. The molecule has 0 unspecified atom stereocenters. The molecule has 0 N–H and O–H groups in total. The van der Waals surface area contributed by atoms with Crippen molar-refractivity contribution in [2.75, 3.05) is 9.80 Å². The predicted octanol–water partition coefficient (Wildman–Crippen LogP) is 18.8. The molecule has 0 atom stereocenters. The van der Waals surface area contributed by atoms with Gasteiger partial charge in [-0.25, -0.2) is 0 Å². The van der Waals surface area contributed by atoms with Crippen LogP contribution in [0.2, 0.25) is 0 Å². The first-order valence-corrected chi connectivity index (χ1v) is 27.7. The lowest BCUT2D eigenvalue weighted by Gasteiger charge is -2.45. The van der Waals surface area contributed by atoms with E-state index >= 15 is 0 Å². The van der Waals surface area contributed by atoms with Gasteiger partial charge in [0.25, 0.3) is 6.71 Å². The number of nitrogens with zero attached hydrogens (tertiary/aromatic N) is 2. The number of para-hydroxylation sites is 4. The quantitative estimate of drug-likeness (QED) is 0.155. The van der Waals surface area contributed by atoms with Crippen molar-refractivity contribution in [3.05, 3.63) is 248 Å². The van der Waals surface area contributed by atoms with Crippen LogP contribution in [0.15, 0.2) is 245 Å². The standard InChI is InChI=1S/C74H57BN2O2/c1-73(2,3)50-36-40-64-60(44-50)75-61-45-51(74(4,5)6)37-41-65(61)77(63-39-35-49(43-59(63)47-22-11-8-12-23-47)53-27-18-29-57-55-25-14-16-33-69(55)79-72(53)57)67-31-19-30-66(70(67)75)76(64)62-38-34-48(42-58(62)46-20-9-7-10-21-46)52-26-17-28-56-54-24-13-15-32-68(54)78-71(52)56/h7-45H,1-6H3. The summed E-state index contributed by atoms with van der Waals surface area (Å²) in [7, 11) is 0. The zero-order valence-electron chi connectivity index (χ0n) is 45.3. The Balaban J connectivity index is 0.994. The molecule has 0 saturated carbocycles. The summed E-state index contributed by atoms with van der Waals surface area (Å²) in [6.45, 7) is 13.9. The van der Waals surface area contributed by atoms with E-state index in [0.717, 1.165) is 111 Å². The second-order valence-corrected chi connectivity index (χ2v) is 23.6. The van der Waals surface area contributed by atoms with Crippen molar-refractivity contribution in [1.82, 2.24) is 0 Å². The highest BCUT2D eigenvalue weighted by Crippen LogP contribution is 2.51. The Morgan fingerprint density at radius 3 is 1.14 bits per heavy atom. The molecule has 11 aromatic carbocycles. The fraction of sp³-hybridized carbons (Fsp3) is 0.108. The van der Waals surface area contributed by atoms with Crippen LogP contribution in [0, 0.1) is 0 Å². The third kappa shape index (κ3) is 7.43. The van der Waals surface area contributed by atoms with Gasteiger partial charge in [0, 0.05) is 66.5 Å². The van der Waals surface area contributed by atoms with E-state index in [1.54, 1.807) is 0 Å². The lowest BCUT2D eigenvalue weighted by atomic mass is 9.33. The van der Waals surface area contributed by atoms with Gasteiger partial charge in [0.1, 0.15) is 22.3 Å². The van der Waals surface area contributed by atoms with Gasteiger partial charge in [-0.15, -0.1) is 0 Å². The lowest BCUT2D eigenvalue weighted by molar-refractivity contribution is 0.590. The molecule has 5 heteroatoms. The Morgan fingerprint density at radius 1 is 0.304 bits per heavy atom. The van der Waals surface area contributed by atoms with Gasteiger partial charge in [0.15, 0.2) is 0 Å². The van der Waals surface area contributed by atoms with Crippen molar-refractivity contribution in [3.8, 4) is 44.5 Å². The van der Waals surface area contributed by atoms with Gasteiger partial charge >= 0.3 is 0 Å². The largest absolute Gasteiger partial charge is 0.455 e. The van der Waals surface area contributed by atoms with E-state index in [1.165, 1.54) is 38.9 Å². The van der Waals surface area contributed by atoms with Crippen LogP contribution >= 0.6 is 0 Å². The number of fused-ring (bicyclic) bond motifs is 10. The molecule has 0 radical (unpaired) electrons. The summed E-state index contributed by atoms with van der Waals surface area (Å²) in [4.78, 5) is 5.13. The molecule has 79 heavy (non-hydrogen) atoms. The van der Waals surface area contributed by atoms with Crippen molar-refractivity contribution in [2.45, 2.75) is 52.4 Å². The molecule has 13 aromatic rings. The molecule has 4 heterocycles. The maximum Gasteiger partial charge on any atom is 0.252 e. The van der Waals surface area contributed by atoms with Crippen molar-refractivity contribution < 1.29 is 8.83 Å². The minimum atomic E-state index is -0.0933. The van der Waals surface area contributed by atoms with E-state index < -0.39 is 0 Å². The van der Waals surface area contributed by atoms with Gasteiger partial charge in [-0.05, 0) is 121 Å². The van der Waals surface area contributed by atoms with Crippen LogP contribution in [0.4, 0.5) is 34.1 Å². The van der Waals surface area contributed by atoms with Crippen LogP contribution in [0.5, 0.6) is 0 Å². The average Bonchev–Trinajstić information content (AvgIpc) is 4.13. The Labute approximate surface area is 461 Å². The summed E-state index contributed by atoms with van der Waals surface area (Å²) in [5.41, 5.74) is 25.7. The summed E-state index contributed by atoms with van der Waals surface area (Å²) >= 11 is 0. The molecule has 2 aromatic heterocycles.